The molecule has 1 N–H and O–H groups in total. The van der Waals surface area contributed by atoms with E-state index < -0.39 is 0 Å². The molecule has 106 valence electrons. The van der Waals surface area contributed by atoms with Gasteiger partial charge >= 0.3 is 0 Å². The van der Waals surface area contributed by atoms with Gasteiger partial charge in [-0.3, -0.25) is 0 Å². The van der Waals surface area contributed by atoms with Crippen molar-refractivity contribution in [3.8, 4) is 0 Å². The topological polar surface area (TPSA) is 55.6 Å². The van der Waals surface area contributed by atoms with Gasteiger partial charge in [-0.15, -0.1) is 0 Å². The summed E-state index contributed by atoms with van der Waals surface area (Å²) in [7, 11) is 0. The highest BCUT2D eigenvalue weighted by Crippen LogP contribution is 2.24. The van der Waals surface area contributed by atoms with Gasteiger partial charge in [-0.05, 0) is 32.6 Å². The molecular weight excluding hydrogens is 250 g/mol. The fourth-order valence-electron chi connectivity index (χ4n) is 2.81. The highest BCUT2D eigenvalue weighted by atomic mass is 15.1. The summed E-state index contributed by atoms with van der Waals surface area (Å²) in [5, 5.41) is 3.54. The third-order valence-electron chi connectivity index (χ3n) is 3.80. The highest BCUT2D eigenvalue weighted by Gasteiger charge is 2.15. The summed E-state index contributed by atoms with van der Waals surface area (Å²) in [5.74, 6) is 1.02. The van der Waals surface area contributed by atoms with Crippen LogP contribution in [-0.4, -0.2) is 25.6 Å². The molecule has 0 radical (unpaired) electrons. The normalized spacial score (nSPS) is 16.2. The van der Waals surface area contributed by atoms with Crippen molar-refractivity contribution in [1.29, 1.82) is 0 Å². The maximum atomic E-state index is 4.46. The number of hydrogen-bond donors (Lipinski definition) is 1. The van der Waals surface area contributed by atoms with Gasteiger partial charge in [0.1, 0.15) is 12.1 Å². The number of aryl methyl sites for hydroxylation is 1. The summed E-state index contributed by atoms with van der Waals surface area (Å²) in [4.78, 5) is 13.0. The second kappa shape index (κ2) is 6.03. The molecule has 5 nitrogen and oxygen atoms in total. The largest absolute Gasteiger partial charge is 0.365 e. The molecule has 0 bridgehead atoms. The predicted octanol–water partition coefficient (Wildman–Crippen LogP) is 2.44. The standard InChI is InChI=1S/C15H21N5/c1-12(9-20-8-7-16-11-20)19-15-13-5-3-2-4-6-14(13)17-10-18-15/h7-8,10-12H,2-6,9H2,1H3,(H,17,18,19). The molecule has 0 aromatic carbocycles. The molecule has 20 heavy (non-hydrogen) atoms. The summed E-state index contributed by atoms with van der Waals surface area (Å²) in [6, 6.07) is 0.312. The van der Waals surface area contributed by atoms with E-state index in [1.165, 1.54) is 30.5 Å². The Balaban J connectivity index is 1.73. The lowest BCUT2D eigenvalue weighted by molar-refractivity contribution is 0.615. The van der Waals surface area contributed by atoms with Gasteiger partial charge in [0.05, 0.1) is 6.33 Å². The number of aromatic nitrogens is 4. The molecule has 5 heteroatoms. The number of rotatable bonds is 4. The molecule has 0 spiro atoms. The van der Waals surface area contributed by atoms with Crippen molar-refractivity contribution in [3.63, 3.8) is 0 Å². The Labute approximate surface area is 119 Å². The average molecular weight is 271 g/mol. The fourth-order valence-corrected chi connectivity index (χ4v) is 2.81. The SMILES string of the molecule is CC(Cn1ccnc1)Nc1ncnc2c1CCCCC2. The maximum absolute atomic E-state index is 4.46. The Kier molecular flexibility index (Phi) is 3.95. The van der Waals surface area contributed by atoms with Crippen LogP contribution in [0.15, 0.2) is 25.0 Å². The number of hydrogen-bond acceptors (Lipinski definition) is 4. The van der Waals surface area contributed by atoms with Crippen LogP contribution in [0.25, 0.3) is 0 Å². The third-order valence-corrected chi connectivity index (χ3v) is 3.80. The zero-order valence-electron chi connectivity index (χ0n) is 11.9. The van der Waals surface area contributed by atoms with Crippen LogP contribution in [0.1, 0.15) is 37.4 Å². The Bertz CT molecular complexity index is 549. The van der Waals surface area contributed by atoms with Crippen molar-refractivity contribution in [2.24, 2.45) is 0 Å². The van der Waals surface area contributed by atoms with E-state index in [1.807, 2.05) is 18.7 Å². The first-order valence-corrected chi connectivity index (χ1v) is 7.38. The van der Waals surface area contributed by atoms with Crippen molar-refractivity contribution >= 4 is 5.82 Å². The molecule has 2 aromatic heterocycles. The smallest absolute Gasteiger partial charge is 0.133 e. The van der Waals surface area contributed by atoms with Gasteiger partial charge in [0.2, 0.25) is 0 Å². The summed E-state index contributed by atoms with van der Waals surface area (Å²) in [5.41, 5.74) is 2.55. The van der Waals surface area contributed by atoms with Crippen LogP contribution in [0.5, 0.6) is 0 Å². The first kappa shape index (κ1) is 13.1. The molecule has 2 heterocycles. The maximum Gasteiger partial charge on any atom is 0.133 e. The lowest BCUT2D eigenvalue weighted by atomic mass is 10.1. The average Bonchev–Trinajstić information content (AvgIpc) is 2.81. The van der Waals surface area contributed by atoms with Crippen LogP contribution in [-0.2, 0) is 19.4 Å². The number of fused-ring (bicyclic) bond motifs is 1. The minimum atomic E-state index is 0.312. The van der Waals surface area contributed by atoms with Gasteiger partial charge < -0.3 is 9.88 Å². The predicted molar refractivity (Wildman–Crippen MR) is 78.6 cm³/mol. The summed E-state index contributed by atoms with van der Waals surface area (Å²) in [6.07, 6.45) is 13.3. The fraction of sp³-hybridized carbons (Fsp3) is 0.533. The zero-order chi connectivity index (χ0) is 13.8. The molecule has 1 unspecified atom stereocenters. The molecule has 0 saturated heterocycles. The minimum absolute atomic E-state index is 0.312. The zero-order valence-corrected chi connectivity index (χ0v) is 11.9. The van der Waals surface area contributed by atoms with Crippen molar-refractivity contribution < 1.29 is 0 Å². The Morgan fingerprint density at radius 3 is 3.00 bits per heavy atom. The first-order chi connectivity index (χ1) is 9.83. The van der Waals surface area contributed by atoms with E-state index in [9.17, 15) is 0 Å². The van der Waals surface area contributed by atoms with Crippen molar-refractivity contribution in [1.82, 2.24) is 19.5 Å². The van der Waals surface area contributed by atoms with Crippen LogP contribution in [0, 0.1) is 0 Å². The van der Waals surface area contributed by atoms with E-state index in [4.69, 9.17) is 0 Å². The molecule has 1 aliphatic rings. The highest BCUT2D eigenvalue weighted by molar-refractivity contribution is 5.47. The van der Waals surface area contributed by atoms with Gasteiger partial charge in [-0.25, -0.2) is 15.0 Å². The Morgan fingerprint density at radius 2 is 2.15 bits per heavy atom. The van der Waals surface area contributed by atoms with E-state index in [0.717, 1.165) is 25.2 Å². The lowest BCUT2D eigenvalue weighted by Gasteiger charge is -2.18. The monoisotopic (exact) mass is 271 g/mol. The van der Waals surface area contributed by atoms with Gasteiger partial charge in [-0.1, -0.05) is 6.42 Å². The quantitative estimate of drug-likeness (QED) is 0.868. The van der Waals surface area contributed by atoms with Gasteiger partial charge in [-0.2, -0.15) is 0 Å². The first-order valence-electron chi connectivity index (χ1n) is 7.38. The van der Waals surface area contributed by atoms with E-state index >= 15 is 0 Å². The summed E-state index contributed by atoms with van der Waals surface area (Å²) < 4.78 is 2.08. The lowest BCUT2D eigenvalue weighted by Crippen LogP contribution is -2.23. The summed E-state index contributed by atoms with van der Waals surface area (Å²) >= 11 is 0. The van der Waals surface area contributed by atoms with E-state index in [0.29, 0.717) is 6.04 Å². The second-order valence-corrected chi connectivity index (χ2v) is 5.51. The third kappa shape index (κ3) is 2.98. The van der Waals surface area contributed by atoms with Crippen LogP contribution < -0.4 is 5.32 Å². The molecular formula is C15H21N5. The van der Waals surface area contributed by atoms with Crippen molar-refractivity contribution in [2.75, 3.05) is 5.32 Å². The van der Waals surface area contributed by atoms with Crippen LogP contribution in [0.3, 0.4) is 0 Å². The Morgan fingerprint density at radius 1 is 1.25 bits per heavy atom. The van der Waals surface area contributed by atoms with Crippen LogP contribution in [0.4, 0.5) is 5.82 Å². The van der Waals surface area contributed by atoms with E-state index in [2.05, 4.69) is 31.8 Å². The number of nitrogens with one attached hydrogen (secondary N) is 1. The number of nitrogens with zero attached hydrogens (tertiary/aromatic N) is 4. The molecule has 3 rings (SSSR count). The van der Waals surface area contributed by atoms with Gasteiger partial charge in [0.15, 0.2) is 0 Å². The van der Waals surface area contributed by atoms with Crippen LogP contribution in [0.2, 0.25) is 0 Å². The second-order valence-electron chi connectivity index (χ2n) is 5.51. The van der Waals surface area contributed by atoms with E-state index in [1.54, 1.807) is 6.33 Å². The van der Waals surface area contributed by atoms with Crippen molar-refractivity contribution in [3.05, 3.63) is 36.3 Å². The number of imidazole rings is 1. The summed E-state index contributed by atoms with van der Waals surface area (Å²) in [6.45, 7) is 3.06. The van der Waals surface area contributed by atoms with Gasteiger partial charge in [0, 0.05) is 36.2 Å². The molecule has 0 saturated carbocycles. The number of anilines is 1. The van der Waals surface area contributed by atoms with Crippen LogP contribution >= 0.6 is 0 Å². The van der Waals surface area contributed by atoms with E-state index in [-0.39, 0.29) is 0 Å². The molecule has 1 atom stereocenters. The van der Waals surface area contributed by atoms with Gasteiger partial charge in [0.25, 0.3) is 0 Å². The molecule has 0 aliphatic heterocycles. The van der Waals surface area contributed by atoms with Crippen molar-refractivity contribution in [2.45, 2.75) is 51.6 Å². The minimum Gasteiger partial charge on any atom is -0.365 e. The molecule has 0 amide bonds. The molecule has 0 fully saturated rings. The molecule has 2 aromatic rings. The molecule has 1 aliphatic carbocycles. The Hall–Kier alpha value is -1.91.